The average Bonchev–Trinajstić information content (AvgIpc) is 3.28. The summed E-state index contributed by atoms with van der Waals surface area (Å²) in [6.07, 6.45) is 0. The van der Waals surface area contributed by atoms with Gasteiger partial charge in [0.25, 0.3) is 0 Å². The molecule has 0 aromatic heterocycles. The molecule has 0 aliphatic carbocycles. The minimum absolute atomic E-state index is 0.451. The second-order valence-electron chi connectivity index (χ2n) is 15.5. The molecular formula is C57H42. The van der Waals surface area contributed by atoms with Crippen LogP contribution in [0.25, 0.3) is 99.1 Å². The molecule has 270 valence electrons. The zero-order valence-corrected chi connectivity index (χ0v) is 32.3. The van der Waals surface area contributed by atoms with Gasteiger partial charge in [-0.2, -0.15) is 0 Å². The van der Waals surface area contributed by atoms with Gasteiger partial charge in [-0.05, 0) is 135 Å². The van der Waals surface area contributed by atoms with Crippen molar-refractivity contribution in [2.45, 2.75) is 19.8 Å². The van der Waals surface area contributed by atoms with E-state index < -0.39 is 0 Å². The van der Waals surface area contributed by atoms with Gasteiger partial charge in [-0.15, -0.1) is 0 Å². The van der Waals surface area contributed by atoms with Gasteiger partial charge < -0.3 is 0 Å². The Morgan fingerprint density at radius 3 is 1.37 bits per heavy atom. The third-order valence-electron chi connectivity index (χ3n) is 11.6. The van der Waals surface area contributed by atoms with Crippen LogP contribution in [0.3, 0.4) is 0 Å². The van der Waals surface area contributed by atoms with Crippen LogP contribution < -0.4 is 0 Å². The Balaban J connectivity index is 1.20. The molecule has 0 N–H and O–H groups in total. The molecule has 0 unspecified atom stereocenters. The van der Waals surface area contributed by atoms with E-state index in [1.807, 2.05) is 0 Å². The lowest BCUT2D eigenvalue weighted by Crippen LogP contribution is -1.94. The molecule has 0 aliphatic rings. The maximum atomic E-state index is 2.44. The first-order valence-electron chi connectivity index (χ1n) is 20.0. The summed E-state index contributed by atoms with van der Waals surface area (Å²) in [5, 5.41) is 7.55. The maximum Gasteiger partial charge on any atom is -0.00261 e. The largest absolute Gasteiger partial charge is 0.0622 e. The summed E-state index contributed by atoms with van der Waals surface area (Å²) in [4.78, 5) is 0. The smallest absolute Gasteiger partial charge is 0.00261 e. The van der Waals surface area contributed by atoms with E-state index in [9.17, 15) is 0 Å². The summed E-state index contributed by atoms with van der Waals surface area (Å²) in [5.41, 5.74) is 16.1. The molecule has 0 spiro atoms. The fraction of sp³-hybridized carbons (Fsp3) is 0.0526. The van der Waals surface area contributed by atoms with Crippen molar-refractivity contribution in [1.29, 1.82) is 0 Å². The number of fused-ring (bicyclic) bond motifs is 3. The lowest BCUT2D eigenvalue weighted by molar-refractivity contribution is 0.867. The summed E-state index contributed by atoms with van der Waals surface area (Å²) >= 11 is 0. The molecule has 10 rings (SSSR count). The standard InChI is InChI=1S/C57H42/c1-38(2)41-19-12-24-48(33-41)56-51-25-8-10-27-53(51)57(54-28-11-9-26-52(54)56)49-31-32-50(47-30-29-40-17-6-7-18-42(40)35-47)55(37-49)46-23-14-22-45(36-46)44-21-13-20-43(34-44)39-15-4-3-5-16-39/h3-38H,1-2H3. The Kier molecular flexibility index (Phi) is 8.81. The van der Waals surface area contributed by atoms with Crippen molar-refractivity contribution in [2.24, 2.45) is 0 Å². The van der Waals surface area contributed by atoms with E-state index in [4.69, 9.17) is 0 Å². The molecule has 0 amide bonds. The van der Waals surface area contributed by atoms with Gasteiger partial charge in [0.15, 0.2) is 0 Å². The normalized spacial score (nSPS) is 11.5. The number of rotatable bonds is 7. The Bertz CT molecular complexity index is 3030. The molecule has 0 fully saturated rings. The average molecular weight is 727 g/mol. The topological polar surface area (TPSA) is 0 Å². The van der Waals surface area contributed by atoms with Gasteiger partial charge in [0.2, 0.25) is 0 Å². The summed E-state index contributed by atoms with van der Waals surface area (Å²) in [5.74, 6) is 0.451. The van der Waals surface area contributed by atoms with Crippen molar-refractivity contribution in [1.82, 2.24) is 0 Å². The fourth-order valence-electron chi connectivity index (χ4n) is 8.73. The summed E-state index contributed by atoms with van der Waals surface area (Å²) in [7, 11) is 0. The highest BCUT2D eigenvalue weighted by atomic mass is 14.2. The number of hydrogen-bond acceptors (Lipinski definition) is 0. The monoisotopic (exact) mass is 726 g/mol. The minimum Gasteiger partial charge on any atom is -0.0622 e. The fourth-order valence-corrected chi connectivity index (χ4v) is 8.73. The molecule has 0 atom stereocenters. The van der Waals surface area contributed by atoms with Crippen LogP contribution in [0, 0.1) is 0 Å². The van der Waals surface area contributed by atoms with Gasteiger partial charge in [-0.3, -0.25) is 0 Å². The maximum absolute atomic E-state index is 2.44. The molecule has 0 saturated heterocycles. The van der Waals surface area contributed by atoms with E-state index in [0.29, 0.717) is 5.92 Å². The van der Waals surface area contributed by atoms with Crippen LogP contribution in [0.2, 0.25) is 0 Å². The van der Waals surface area contributed by atoms with Crippen molar-refractivity contribution < 1.29 is 0 Å². The van der Waals surface area contributed by atoms with Gasteiger partial charge in [-0.25, -0.2) is 0 Å². The number of hydrogen-bond donors (Lipinski definition) is 0. The quantitative estimate of drug-likeness (QED) is 0.143. The zero-order chi connectivity index (χ0) is 38.3. The summed E-state index contributed by atoms with van der Waals surface area (Å²) in [6, 6.07) is 78.4. The van der Waals surface area contributed by atoms with Crippen molar-refractivity contribution in [3.8, 4) is 66.8 Å². The van der Waals surface area contributed by atoms with E-state index in [-0.39, 0.29) is 0 Å². The molecule has 0 radical (unpaired) electrons. The summed E-state index contributed by atoms with van der Waals surface area (Å²) < 4.78 is 0. The van der Waals surface area contributed by atoms with Crippen molar-refractivity contribution in [2.75, 3.05) is 0 Å². The third kappa shape index (κ3) is 6.40. The van der Waals surface area contributed by atoms with E-state index in [1.165, 1.54) is 105 Å². The second kappa shape index (κ2) is 14.6. The van der Waals surface area contributed by atoms with Gasteiger partial charge in [0, 0.05) is 0 Å². The van der Waals surface area contributed by atoms with E-state index >= 15 is 0 Å². The minimum atomic E-state index is 0.451. The molecule has 0 heterocycles. The predicted octanol–water partition coefficient (Wildman–Crippen LogP) is 16.3. The van der Waals surface area contributed by atoms with Crippen molar-refractivity contribution >= 4 is 32.3 Å². The van der Waals surface area contributed by atoms with E-state index in [0.717, 1.165) is 0 Å². The van der Waals surface area contributed by atoms with E-state index in [1.54, 1.807) is 0 Å². The molecule has 10 aromatic carbocycles. The summed E-state index contributed by atoms with van der Waals surface area (Å²) in [6.45, 7) is 4.55. The van der Waals surface area contributed by atoms with Crippen molar-refractivity contribution in [3.63, 3.8) is 0 Å². The first-order chi connectivity index (χ1) is 28.1. The van der Waals surface area contributed by atoms with Crippen LogP contribution in [0.5, 0.6) is 0 Å². The highest BCUT2D eigenvalue weighted by Crippen LogP contribution is 2.46. The number of benzene rings is 10. The zero-order valence-electron chi connectivity index (χ0n) is 32.3. The Morgan fingerprint density at radius 1 is 0.263 bits per heavy atom. The molecule has 57 heavy (non-hydrogen) atoms. The van der Waals surface area contributed by atoms with Crippen LogP contribution in [-0.4, -0.2) is 0 Å². The van der Waals surface area contributed by atoms with Gasteiger partial charge in [0.05, 0.1) is 0 Å². The first kappa shape index (κ1) is 34.5. The molecule has 0 aliphatic heterocycles. The van der Waals surface area contributed by atoms with Crippen LogP contribution >= 0.6 is 0 Å². The molecule has 0 heteroatoms. The lowest BCUT2D eigenvalue weighted by Gasteiger charge is -2.20. The Hall–Kier alpha value is -7.02. The van der Waals surface area contributed by atoms with Gasteiger partial charge in [-0.1, -0.05) is 202 Å². The SMILES string of the molecule is CC(C)c1cccc(-c2c3ccccc3c(-c3ccc(-c4ccc5ccccc5c4)c(-c4cccc(-c5cccc(-c6ccccc6)c5)c4)c3)c3ccccc23)c1. The second-order valence-corrected chi connectivity index (χ2v) is 15.5. The van der Waals surface area contributed by atoms with Crippen molar-refractivity contribution in [3.05, 3.63) is 218 Å². The Morgan fingerprint density at radius 2 is 0.719 bits per heavy atom. The first-order valence-corrected chi connectivity index (χ1v) is 20.0. The highest BCUT2D eigenvalue weighted by molar-refractivity contribution is 6.21. The molecule has 10 aromatic rings. The Labute approximate surface area is 335 Å². The van der Waals surface area contributed by atoms with Crippen LogP contribution in [0.4, 0.5) is 0 Å². The molecule has 0 bridgehead atoms. The van der Waals surface area contributed by atoms with Crippen LogP contribution in [-0.2, 0) is 0 Å². The molecular weight excluding hydrogens is 685 g/mol. The van der Waals surface area contributed by atoms with Crippen LogP contribution in [0.15, 0.2) is 212 Å². The van der Waals surface area contributed by atoms with Gasteiger partial charge >= 0.3 is 0 Å². The van der Waals surface area contributed by atoms with E-state index in [2.05, 4.69) is 226 Å². The predicted molar refractivity (Wildman–Crippen MR) is 246 cm³/mol. The van der Waals surface area contributed by atoms with Crippen LogP contribution in [0.1, 0.15) is 25.3 Å². The molecule has 0 saturated carbocycles. The van der Waals surface area contributed by atoms with Gasteiger partial charge in [0.1, 0.15) is 0 Å². The molecule has 0 nitrogen and oxygen atoms in total. The third-order valence-corrected chi connectivity index (χ3v) is 11.6. The highest BCUT2D eigenvalue weighted by Gasteiger charge is 2.19. The lowest BCUT2D eigenvalue weighted by atomic mass is 9.83.